The molecule has 0 fully saturated rings. The van der Waals surface area contributed by atoms with Crippen LogP contribution in [0.25, 0.3) is 0 Å². The first-order valence-corrected chi connectivity index (χ1v) is 5.83. The standard InChI is InChI=1S/C14H19NO3/c1-9-5-6-10(14(2,3)4)7-11(9)13(18)15-8-12(16)17/h5-7H,8H2,1-4H3,(H,15,18)(H,16,17). The number of aryl methyl sites for hydroxylation is 1. The van der Waals surface area contributed by atoms with Crippen molar-refractivity contribution >= 4 is 11.9 Å². The zero-order valence-electron chi connectivity index (χ0n) is 11.2. The topological polar surface area (TPSA) is 66.4 Å². The van der Waals surface area contributed by atoms with Gasteiger partial charge in [0.15, 0.2) is 0 Å². The number of carbonyl (C=O) groups excluding carboxylic acids is 1. The highest BCUT2D eigenvalue weighted by molar-refractivity contribution is 5.97. The van der Waals surface area contributed by atoms with Crippen molar-refractivity contribution in [2.75, 3.05) is 6.54 Å². The molecule has 18 heavy (non-hydrogen) atoms. The fraction of sp³-hybridized carbons (Fsp3) is 0.429. The van der Waals surface area contributed by atoms with E-state index in [1.165, 1.54) is 0 Å². The van der Waals surface area contributed by atoms with E-state index in [2.05, 4.69) is 26.1 Å². The van der Waals surface area contributed by atoms with E-state index in [4.69, 9.17) is 5.11 Å². The maximum absolute atomic E-state index is 11.9. The molecule has 0 bridgehead atoms. The van der Waals surface area contributed by atoms with Crippen LogP contribution in [0.5, 0.6) is 0 Å². The van der Waals surface area contributed by atoms with Crippen LogP contribution in [0.15, 0.2) is 18.2 Å². The molecule has 1 aromatic carbocycles. The molecule has 0 aliphatic rings. The van der Waals surface area contributed by atoms with Gasteiger partial charge in [0.1, 0.15) is 6.54 Å². The van der Waals surface area contributed by atoms with E-state index in [0.717, 1.165) is 11.1 Å². The molecule has 0 aliphatic heterocycles. The van der Waals surface area contributed by atoms with Gasteiger partial charge in [-0.3, -0.25) is 9.59 Å². The molecule has 2 N–H and O–H groups in total. The van der Waals surface area contributed by atoms with Gasteiger partial charge < -0.3 is 10.4 Å². The lowest BCUT2D eigenvalue weighted by Gasteiger charge is -2.20. The van der Waals surface area contributed by atoms with Gasteiger partial charge in [0.2, 0.25) is 0 Å². The largest absolute Gasteiger partial charge is 0.480 e. The van der Waals surface area contributed by atoms with Crippen LogP contribution in [0.2, 0.25) is 0 Å². The highest BCUT2D eigenvalue weighted by atomic mass is 16.4. The third kappa shape index (κ3) is 3.58. The lowest BCUT2D eigenvalue weighted by atomic mass is 9.85. The van der Waals surface area contributed by atoms with Gasteiger partial charge in [-0.2, -0.15) is 0 Å². The normalized spacial score (nSPS) is 11.1. The summed E-state index contributed by atoms with van der Waals surface area (Å²) in [6, 6.07) is 5.70. The van der Waals surface area contributed by atoms with Gasteiger partial charge in [0.05, 0.1) is 0 Å². The monoisotopic (exact) mass is 249 g/mol. The van der Waals surface area contributed by atoms with Crippen molar-refractivity contribution < 1.29 is 14.7 Å². The number of amides is 1. The predicted octanol–water partition coefficient (Wildman–Crippen LogP) is 2.11. The second-order valence-corrected chi connectivity index (χ2v) is 5.36. The van der Waals surface area contributed by atoms with Gasteiger partial charge >= 0.3 is 5.97 Å². The Morgan fingerprint density at radius 3 is 2.39 bits per heavy atom. The van der Waals surface area contributed by atoms with Crippen LogP contribution in [-0.4, -0.2) is 23.5 Å². The van der Waals surface area contributed by atoms with Crippen LogP contribution >= 0.6 is 0 Å². The molecule has 4 nitrogen and oxygen atoms in total. The van der Waals surface area contributed by atoms with Crippen LogP contribution in [0.1, 0.15) is 42.3 Å². The SMILES string of the molecule is Cc1ccc(C(C)(C)C)cc1C(=O)NCC(=O)O. The summed E-state index contributed by atoms with van der Waals surface area (Å²) < 4.78 is 0. The zero-order chi connectivity index (χ0) is 13.9. The first-order valence-electron chi connectivity index (χ1n) is 5.83. The van der Waals surface area contributed by atoms with E-state index >= 15 is 0 Å². The minimum absolute atomic E-state index is 0.0461. The number of hydrogen-bond donors (Lipinski definition) is 2. The van der Waals surface area contributed by atoms with Crippen molar-refractivity contribution in [1.29, 1.82) is 0 Å². The zero-order valence-corrected chi connectivity index (χ0v) is 11.2. The number of benzene rings is 1. The van der Waals surface area contributed by atoms with Crippen LogP contribution in [0.4, 0.5) is 0 Å². The Hall–Kier alpha value is -1.84. The highest BCUT2D eigenvalue weighted by Gasteiger charge is 2.17. The maximum Gasteiger partial charge on any atom is 0.322 e. The Kier molecular flexibility index (Phi) is 4.11. The van der Waals surface area contributed by atoms with Gasteiger partial charge in [-0.05, 0) is 29.5 Å². The Bertz CT molecular complexity index is 472. The maximum atomic E-state index is 11.9. The summed E-state index contributed by atoms with van der Waals surface area (Å²) in [7, 11) is 0. The van der Waals surface area contributed by atoms with Crippen molar-refractivity contribution in [3.63, 3.8) is 0 Å². The fourth-order valence-electron chi connectivity index (χ4n) is 1.58. The van der Waals surface area contributed by atoms with Crippen molar-refractivity contribution in [2.45, 2.75) is 33.1 Å². The Morgan fingerprint density at radius 2 is 1.89 bits per heavy atom. The van der Waals surface area contributed by atoms with Crippen LogP contribution in [-0.2, 0) is 10.2 Å². The summed E-state index contributed by atoms with van der Waals surface area (Å²) >= 11 is 0. The molecule has 0 heterocycles. The average Bonchev–Trinajstić information content (AvgIpc) is 2.24. The van der Waals surface area contributed by atoms with Crippen molar-refractivity contribution in [1.82, 2.24) is 5.32 Å². The Labute approximate surface area is 107 Å². The first kappa shape index (κ1) is 14.2. The number of carboxylic acids is 1. The van der Waals surface area contributed by atoms with Gasteiger partial charge in [-0.1, -0.05) is 32.9 Å². The van der Waals surface area contributed by atoms with E-state index < -0.39 is 5.97 Å². The van der Waals surface area contributed by atoms with Crippen molar-refractivity contribution in [3.05, 3.63) is 34.9 Å². The Morgan fingerprint density at radius 1 is 1.28 bits per heavy atom. The third-order valence-electron chi connectivity index (χ3n) is 2.75. The second-order valence-electron chi connectivity index (χ2n) is 5.36. The summed E-state index contributed by atoms with van der Waals surface area (Å²) in [5.41, 5.74) is 2.37. The summed E-state index contributed by atoms with van der Waals surface area (Å²) in [5.74, 6) is -1.39. The average molecular weight is 249 g/mol. The smallest absolute Gasteiger partial charge is 0.322 e. The minimum atomic E-state index is -1.05. The Balaban J connectivity index is 3.01. The number of nitrogens with one attached hydrogen (secondary N) is 1. The molecule has 0 aliphatic carbocycles. The van der Waals surface area contributed by atoms with Gasteiger partial charge in [-0.15, -0.1) is 0 Å². The van der Waals surface area contributed by atoms with E-state index in [1.807, 2.05) is 25.1 Å². The first-order chi connectivity index (χ1) is 8.21. The second kappa shape index (κ2) is 5.21. The number of rotatable bonds is 3. The molecule has 0 radical (unpaired) electrons. The van der Waals surface area contributed by atoms with E-state index in [1.54, 1.807) is 0 Å². The van der Waals surface area contributed by atoms with Gasteiger partial charge in [0, 0.05) is 5.56 Å². The molecule has 1 rings (SSSR count). The predicted molar refractivity (Wildman–Crippen MR) is 69.8 cm³/mol. The van der Waals surface area contributed by atoms with Crippen LogP contribution in [0.3, 0.4) is 0 Å². The number of hydrogen-bond acceptors (Lipinski definition) is 2. The molecule has 0 saturated heterocycles. The molecule has 0 saturated carbocycles. The molecular weight excluding hydrogens is 230 g/mol. The molecular formula is C14H19NO3. The minimum Gasteiger partial charge on any atom is -0.480 e. The van der Waals surface area contributed by atoms with Gasteiger partial charge in [-0.25, -0.2) is 0 Å². The quantitative estimate of drug-likeness (QED) is 0.862. The summed E-state index contributed by atoms with van der Waals surface area (Å²) in [6.45, 7) is 7.67. The van der Waals surface area contributed by atoms with Crippen molar-refractivity contribution in [3.8, 4) is 0 Å². The highest BCUT2D eigenvalue weighted by Crippen LogP contribution is 2.24. The lowest BCUT2D eigenvalue weighted by Crippen LogP contribution is -2.30. The van der Waals surface area contributed by atoms with Crippen LogP contribution < -0.4 is 5.32 Å². The van der Waals surface area contributed by atoms with Crippen molar-refractivity contribution in [2.24, 2.45) is 0 Å². The molecule has 4 heteroatoms. The molecule has 0 unspecified atom stereocenters. The van der Waals surface area contributed by atoms with Crippen LogP contribution in [0, 0.1) is 6.92 Å². The molecule has 1 amide bonds. The van der Waals surface area contributed by atoms with E-state index in [9.17, 15) is 9.59 Å². The number of aliphatic carboxylic acids is 1. The van der Waals surface area contributed by atoms with E-state index in [0.29, 0.717) is 5.56 Å². The molecule has 0 atom stereocenters. The summed E-state index contributed by atoms with van der Waals surface area (Å²) in [6.07, 6.45) is 0. The molecule has 0 aromatic heterocycles. The summed E-state index contributed by atoms with van der Waals surface area (Å²) in [5, 5.41) is 10.9. The molecule has 98 valence electrons. The molecule has 0 spiro atoms. The lowest BCUT2D eigenvalue weighted by molar-refractivity contribution is -0.135. The fourth-order valence-corrected chi connectivity index (χ4v) is 1.58. The summed E-state index contributed by atoms with van der Waals surface area (Å²) in [4.78, 5) is 22.3. The van der Waals surface area contributed by atoms with Gasteiger partial charge in [0.25, 0.3) is 5.91 Å². The third-order valence-corrected chi connectivity index (χ3v) is 2.75. The molecule has 1 aromatic rings. The van der Waals surface area contributed by atoms with E-state index in [-0.39, 0.29) is 17.9 Å². The number of carboxylic acid groups (broad SMARTS) is 1. The number of carbonyl (C=O) groups is 2.